The van der Waals surface area contributed by atoms with E-state index in [0.29, 0.717) is 17.4 Å². The molecule has 16 heavy (non-hydrogen) atoms. The van der Waals surface area contributed by atoms with Gasteiger partial charge in [0.1, 0.15) is 5.82 Å². The molecule has 2 rings (SSSR count). The molecular formula is C12H18FN3. The van der Waals surface area contributed by atoms with Crippen molar-refractivity contribution in [3.63, 3.8) is 0 Å². The predicted molar refractivity (Wildman–Crippen MR) is 65.0 cm³/mol. The van der Waals surface area contributed by atoms with Crippen LogP contribution in [0.5, 0.6) is 0 Å². The van der Waals surface area contributed by atoms with Gasteiger partial charge >= 0.3 is 0 Å². The van der Waals surface area contributed by atoms with E-state index in [1.54, 1.807) is 12.1 Å². The number of hydrogen-bond donors (Lipinski definition) is 2. The number of benzene rings is 1. The highest BCUT2D eigenvalue weighted by Crippen LogP contribution is 2.20. The van der Waals surface area contributed by atoms with Crippen molar-refractivity contribution < 1.29 is 4.39 Å². The van der Waals surface area contributed by atoms with E-state index in [9.17, 15) is 4.39 Å². The molecule has 4 heteroatoms. The molecule has 0 atom stereocenters. The zero-order valence-corrected chi connectivity index (χ0v) is 9.54. The summed E-state index contributed by atoms with van der Waals surface area (Å²) in [5.74, 6) is -0.265. The summed E-state index contributed by atoms with van der Waals surface area (Å²) >= 11 is 0. The van der Waals surface area contributed by atoms with Crippen LogP contribution in [0.25, 0.3) is 0 Å². The van der Waals surface area contributed by atoms with Crippen molar-refractivity contribution in [1.29, 1.82) is 0 Å². The first-order chi connectivity index (χ1) is 7.65. The Kier molecular flexibility index (Phi) is 3.29. The van der Waals surface area contributed by atoms with E-state index in [0.717, 1.165) is 25.9 Å². The number of likely N-dealkylation sites (tertiary alicyclic amines) is 1. The molecule has 3 nitrogen and oxygen atoms in total. The summed E-state index contributed by atoms with van der Waals surface area (Å²) in [5.41, 5.74) is 6.53. The Labute approximate surface area is 95.4 Å². The Morgan fingerprint density at radius 2 is 2.06 bits per heavy atom. The summed E-state index contributed by atoms with van der Waals surface area (Å²) in [4.78, 5) is 2.29. The van der Waals surface area contributed by atoms with Crippen molar-refractivity contribution in [3.05, 3.63) is 24.0 Å². The van der Waals surface area contributed by atoms with Gasteiger partial charge in [0.05, 0.1) is 5.69 Å². The third-order valence-electron chi connectivity index (χ3n) is 3.07. The van der Waals surface area contributed by atoms with Gasteiger partial charge in [-0.2, -0.15) is 0 Å². The minimum absolute atomic E-state index is 0.265. The number of nitrogens with two attached hydrogens (primary N) is 1. The molecule has 1 aromatic rings. The van der Waals surface area contributed by atoms with Gasteiger partial charge in [-0.15, -0.1) is 0 Å². The smallest absolute Gasteiger partial charge is 0.148 e. The van der Waals surface area contributed by atoms with Gasteiger partial charge in [0, 0.05) is 11.7 Å². The fourth-order valence-corrected chi connectivity index (χ4v) is 2.02. The fourth-order valence-electron chi connectivity index (χ4n) is 2.02. The summed E-state index contributed by atoms with van der Waals surface area (Å²) in [6.45, 7) is 2.13. The van der Waals surface area contributed by atoms with E-state index in [1.165, 1.54) is 6.07 Å². The molecule has 1 saturated heterocycles. The summed E-state index contributed by atoms with van der Waals surface area (Å²) in [5, 5.41) is 3.24. The molecule has 3 N–H and O–H groups in total. The van der Waals surface area contributed by atoms with Crippen LogP contribution in [-0.4, -0.2) is 31.1 Å². The van der Waals surface area contributed by atoms with E-state index in [4.69, 9.17) is 5.73 Å². The molecule has 1 aliphatic rings. The van der Waals surface area contributed by atoms with Gasteiger partial charge in [-0.25, -0.2) is 4.39 Å². The Morgan fingerprint density at radius 3 is 2.69 bits per heavy atom. The molecule has 0 aliphatic carbocycles. The predicted octanol–water partition coefficient (Wildman–Crippen LogP) is 1.91. The molecule has 0 saturated carbocycles. The number of nitrogens with zero attached hydrogens (tertiary/aromatic N) is 1. The van der Waals surface area contributed by atoms with E-state index in [2.05, 4.69) is 17.3 Å². The van der Waals surface area contributed by atoms with Gasteiger partial charge < -0.3 is 16.0 Å². The highest BCUT2D eigenvalue weighted by molar-refractivity contribution is 5.53. The Hall–Kier alpha value is -1.29. The number of halogens is 1. The molecule has 0 aromatic heterocycles. The van der Waals surface area contributed by atoms with Gasteiger partial charge in [-0.3, -0.25) is 0 Å². The third kappa shape index (κ3) is 2.64. The van der Waals surface area contributed by atoms with Crippen LogP contribution >= 0.6 is 0 Å². The van der Waals surface area contributed by atoms with Crippen molar-refractivity contribution >= 4 is 11.4 Å². The highest BCUT2D eigenvalue weighted by atomic mass is 19.1. The monoisotopic (exact) mass is 223 g/mol. The number of nitrogens with one attached hydrogen (secondary N) is 1. The minimum Gasteiger partial charge on any atom is -0.399 e. The molecule has 1 aromatic carbocycles. The van der Waals surface area contributed by atoms with Crippen molar-refractivity contribution in [3.8, 4) is 0 Å². The lowest BCUT2D eigenvalue weighted by molar-refractivity contribution is 0.263. The van der Waals surface area contributed by atoms with Crippen LogP contribution in [0.3, 0.4) is 0 Å². The van der Waals surface area contributed by atoms with Crippen LogP contribution in [0, 0.1) is 5.82 Å². The molecule has 1 fully saturated rings. The molecule has 0 amide bonds. The van der Waals surface area contributed by atoms with Crippen molar-refractivity contribution in [2.45, 2.75) is 18.9 Å². The van der Waals surface area contributed by atoms with E-state index < -0.39 is 0 Å². The molecule has 1 heterocycles. The highest BCUT2D eigenvalue weighted by Gasteiger charge is 2.17. The first-order valence-electron chi connectivity index (χ1n) is 5.65. The first-order valence-corrected chi connectivity index (χ1v) is 5.65. The maximum Gasteiger partial charge on any atom is 0.148 e. The van der Waals surface area contributed by atoms with Crippen LogP contribution < -0.4 is 11.1 Å². The number of hydrogen-bond acceptors (Lipinski definition) is 3. The second-order valence-corrected chi connectivity index (χ2v) is 4.46. The van der Waals surface area contributed by atoms with Gasteiger partial charge in [-0.1, -0.05) is 0 Å². The number of nitrogen functional groups attached to an aromatic ring is 1. The Bertz CT molecular complexity index is 359. The normalized spacial score (nSPS) is 18.6. The van der Waals surface area contributed by atoms with Crippen molar-refractivity contribution in [2.75, 3.05) is 31.2 Å². The fraction of sp³-hybridized carbons (Fsp3) is 0.500. The van der Waals surface area contributed by atoms with E-state index in [-0.39, 0.29) is 5.82 Å². The molecular weight excluding hydrogens is 205 g/mol. The average molecular weight is 223 g/mol. The zero-order chi connectivity index (χ0) is 11.5. The molecule has 0 unspecified atom stereocenters. The Morgan fingerprint density at radius 1 is 1.38 bits per heavy atom. The van der Waals surface area contributed by atoms with E-state index in [1.807, 2.05) is 0 Å². The van der Waals surface area contributed by atoms with Crippen molar-refractivity contribution in [1.82, 2.24) is 4.90 Å². The van der Waals surface area contributed by atoms with Gasteiger partial charge in [0.2, 0.25) is 0 Å². The van der Waals surface area contributed by atoms with Gasteiger partial charge in [-0.05, 0) is 51.2 Å². The lowest BCUT2D eigenvalue weighted by atomic mass is 10.1. The standard InChI is InChI=1S/C12H18FN3/c1-16-6-4-10(5-7-16)15-12-3-2-9(14)8-11(12)13/h2-3,8,10,15H,4-7,14H2,1H3. The van der Waals surface area contributed by atoms with Crippen LogP contribution in [0.4, 0.5) is 15.8 Å². The van der Waals surface area contributed by atoms with Crippen LogP contribution in [0.2, 0.25) is 0 Å². The lowest BCUT2D eigenvalue weighted by Crippen LogP contribution is -2.36. The summed E-state index contributed by atoms with van der Waals surface area (Å²) in [6, 6.07) is 5.16. The topological polar surface area (TPSA) is 41.3 Å². The SMILES string of the molecule is CN1CCC(Nc2ccc(N)cc2F)CC1. The zero-order valence-electron chi connectivity index (χ0n) is 9.54. The largest absolute Gasteiger partial charge is 0.399 e. The van der Waals surface area contributed by atoms with Gasteiger partial charge in [0.15, 0.2) is 0 Å². The van der Waals surface area contributed by atoms with Crippen LogP contribution in [0.15, 0.2) is 18.2 Å². The maximum absolute atomic E-state index is 13.5. The number of piperidine rings is 1. The molecule has 1 aliphatic heterocycles. The molecule has 0 bridgehead atoms. The average Bonchev–Trinajstić information content (AvgIpc) is 2.25. The maximum atomic E-state index is 13.5. The van der Waals surface area contributed by atoms with Crippen LogP contribution in [0.1, 0.15) is 12.8 Å². The molecule has 88 valence electrons. The lowest BCUT2D eigenvalue weighted by Gasteiger charge is -2.30. The number of rotatable bonds is 2. The summed E-state index contributed by atoms with van der Waals surface area (Å²) in [7, 11) is 2.11. The quantitative estimate of drug-likeness (QED) is 0.753. The second kappa shape index (κ2) is 4.70. The first kappa shape index (κ1) is 11.2. The van der Waals surface area contributed by atoms with E-state index >= 15 is 0 Å². The summed E-state index contributed by atoms with van der Waals surface area (Å²) < 4.78 is 13.5. The van der Waals surface area contributed by atoms with Crippen molar-refractivity contribution in [2.24, 2.45) is 0 Å². The van der Waals surface area contributed by atoms with Gasteiger partial charge in [0.25, 0.3) is 0 Å². The summed E-state index contributed by atoms with van der Waals surface area (Å²) in [6.07, 6.45) is 2.11. The molecule has 0 radical (unpaired) electrons. The Balaban J connectivity index is 1.98. The third-order valence-corrected chi connectivity index (χ3v) is 3.07. The second-order valence-electron chi connectivity index (χ2n) is 4.46. The minimum atomic E-state index is -0.265. The molecule has 0 spiro atoms. The number of anilines is 2. The van der Waals surface area contributed by atoms with Crippen LogP contribution in [-0.2, 0) is 0 Å².